The van der Waals surface area contributed by atoms with Crippen molar-refractivity contribution >= 4 is 0 Å². The Kier molecular flexibility index (Phi) is 4.29. The molecule has 0 radical (unpaired) electrons. The maximum absolute atomic E-state index is 10.8. The maximum Gasteiger partial charge on any atom is 0.102 e. The Morgan fingerprint density at radius 1 is 1.05 bits per heavy atom. The van der Waals surface area contributed by atoms with Gasteiger partial charge in [-0.1, -0.05) is 44.2 Å². The summed E-state index contributed by atoms with van der Waals surface area (Å²) in [6.07, 6.45) is -0.548. The SMILES string of the molecule is Cc1nn(C(C(C)C)C(O)c2ccccc2)c(C)c1C. The highest BCUT2D eigenvalue weighted by Crippen LogP contribution is 2.33. The lowest BCUT2D eigenvalue weighted by Gasteiger charge is -2.28. The van der Waals surface area contributed by atoms with Crippen molar-refractivity contribution in [2.45, 2.75) is 46.8 Å². The fourth-order valence-corrected chi connectivity index (χ4v) is 2.66. The van der Waals surface area contributed by atoms with Gasteiger partial charge in [0.05, 0.1) is 11.7 Å². The van der Waals surface area contributed by atoms with Crippen LogP contribution in [-0.4, -0.2) is 14.9 Å². The van der Waals surface area contributed by atoms with Crippen molar-refractivity contribution < 1.29 is 5.11 Å². The molecule has 2 rings (SSSR count). The highest BCUT2D eigenvalue weighted by Gasteiger charge is 2.28. The second-order valence-electron chi connectivity index (χ2n) is 5.83. The van der Waals surface area contributed by atoms with Crippen LogP contribution in [0.4, 0.5) is 0 Å². The van der Waals surface area contributed by atoms with E-state index in [-0.39, 0.29) is 6.04 Å². The summed E-state index contributed by atoms with van der Waals surface area (Å²) in [5, 5.41) is 15.4. The van der Waals surface area contributed by atoms with Crippen LogP contribution in [-0.2, 0) is 0 Å². The summed E-state index contributed by atoms with van der Waals surface area (Å²) >= 11 is 0. The zero-order chi connectivity index (χ0) is 14.9. The Hall–Kier alpha value is -1.61. The molecule has 3 nitrogen and oxygen atoms in total. The molecule has 20 heavy (non-hydrogen) atoms. The standard InChI is InChI=1S/C17H24N2O/c1-11(2)16(17(20)15-9-7-6-8-10-15)19-14(5)12(3)13(4)18-19/h6-11,16-17,20H,1-5H3. The van der Waals surface area contributed by atoms with Gasteiger partial charge in [-0.2, -0.15) is 5.10 Å². The van der Waals surface area contributed by atoms with Gasteiger partial charge in [0.25, 0.3) is 0 Å². The van der Waals surface area contributed by atoms with Gasteiger partial charge in [0.2, 0.25) is 0 Å². The van der Waals surface area contributed by atoms with Crippen LogP contribution in [0.25, 0.3) is 0 Å². The minimum absolute atomic E-state index is 0.0511. The lowest BCUT2D eigenvalue weighted by molar-refractivity contribution is 0.0786. The van der Waals surface area contributed by atoms with Gasteiger partial charge in [-0.05, 0) is 37.8 Å². The van der Waals surface area contributed by atoms with Crippen molar-refractivity contribution in [2.75, 3.05) is 0 Å². The molecule has 0 bridgehead atoms. The molecule has 1 N–H and O–H groups in total. The summed E-state index contributed by atoms with van der Waals surface area (Å²) in [6.45, 7) is 10.4. The molecular formula is C17H24N2O. The molecule has 0 aliphatic heterocycles. The molecule has 0 saturated carbocycles. The molecule has 2 aromatic rings. The predicted octanol–water partition coefficient (Wildman–Crippen LogP) is 3.74. The topological polar surface area (TPSA) is 38.0 Å². The molecule has 2 unspecified atom stereocenters. The first kappa shape index (κ1) is 14.8. The molecule has 2 atom stereocenters. The normalized spacial score (nSPS) is 14.6. The number of hydrogen-bond acceptors (Lipinski definition) is 2. The van der Waals surface area contributed by atoms with E-state index in [1.807, 2.05) is 41.9 Å². The third kappa shape index (κ3) is 2.63. The van der Waals surface area contributed by atoms with Crippen molar-refractivity contribution in [3.63, 3.8) is 0 Å². The number of aromatic nitrogens is 2. The fraction of sp³-hybridized carbons (Fsp3) is 0.471. The van der Waals surface area contributed by atoms with Crippen molar-refractivity contribution in [1.29, 1.82) is 0 Å². The first-order chi connectivity index (χ1) is 9.43. The van der Waals surface area contributed by atoms with Gasteiger partial charge in [-0.15, -0.1) is 0 Å². The molecule has 108 valence electrons. The predicted molar refractivity (Wildman–Crippen MR) is 81.7 cm³/mol. The zero-order valence-electron chi connectivity index (χ0n) is 13.0. The van der Waals surface area contributed by atoms with E-state index in [4.69, 9.17) is 0 Å². The monoisotopic (exact) mass is 272 g/mol. The molecule has 1 aromatic heterocycles. The molecule has 0 spiro atoms. The molecule has 0 fully saturated rings. The van der Waals surface area contributed by atoms with Crippen molar-refractivity contribution in [2.24, 2.45) is 5.92 Å². The molecule has 1 heterocycles. The number of aryl methyl sites for hydroxylation is 1. The van der Waals surface area contributed by atoms with Gasteiger partial charge in [0.15, 0.2) is 0 Å². The van der Waals surface area contributed by atoms with Crippen molar-refractivity contribution in [1.82, 2.24) is 9.78 Å². The van der Waals surface area contributed by atoms with Crippen LogP contribution in [0.3, 0.4) is 0 Å². The van der Waals surface area contributed by atoms with Gasteiger partial charge in [0, 0.05) is 5.69 Å². The second kappa shape index (κ2) is 5.80. The number of aliphatic hydroxyl groups is 1. The van der Waals surface area contributed by atoms with Crippen LogP contribution < -0.4 is 0 Å². The second-order valence-corrected chi connectivity index (χ2v) is 5.83. The fourth-order valence-electron chi connectivity index (χ4n) is 2.66. The zero-order valence-corrected chi connectivity index (χ0v) is 13.0. The third-order valence-corrected chi connectivity index (χ3v) is 4.12. The van der Waals surface area contributed by atoms with Gasteiger partial charge in [0.1, 0.15) is 6.10 Å². The quantitative estimate of drug-likeness (QED) is 0.920. The van der Waals surface area contributed by atoms with E-state index < -0.39 is 6.10 Å². The van der Waals surface area contributed by atoms with Crippen LogP contribution in [0.15, 0.2) is 30.3 Å². The smallest absolute Gasteiger partial charge is 0.102 e. The molecule has 3 heteroatoms. The Bertz CT molecular complexity index is 572. The van der Waals surface area contributed by atoms with Crippen LogP contribution in [0.2, 0.25) is 0 Å². The molecule has 0 saturated heterocycles. The average molecular weight is 272 g/mol. The minimum atomic E-state index is -0.548. The lowest BCUT2D eigenvalue weighted by atomic mass is 9.93. The van der Waals surface area contributed by atoms with E-state index in [1.165, 1.54) is 5.56 Å². The van der Waals surface area contributed by atoms with Crippen molar-refractivity contribution in [3.8, 4) is 0 Å². The van der Waals surface area contributed by atoms with E-state index in [2.05, 4.69) is 32.8 Å². The summed E-state index contributed by atoms with van der Waals surface area (Å²) in [7, 11) is 0. The Morgan fingerprint density at radius 3 is 2.10 bits per heavy atom. The van der Waals surface area contributed by atoms with E-state index in [9.17, 15) is 5.11 Å². The highest BCUT2D eigenvalue weighted by molar-refractivity contribution is 5.24. The molecule has 0 aliphatic rings. The molecule has 0 aliphatic carbocycles. The summed E-state index contributed by atoms with van der Waals surface area (Å²) in [6, 6.07) is 9.78. The largest absolute Gasteiger partial charge is 0.386 e. The Balaban J connectivity index is 2.44. The van der Waals surface area contributed by atoms with Crippen LogP contribution >= 0.6 is 0 Å². The summed E-state index contributed by atoms with van der Waals surface area (Å²) < 4.78 is 1.99. The third-order valence-electron chi connectivity index (χ3n) is 4.12. The van der Waals surface area contributed by atoms with Crippen molar-refractivity contribution in [3.05, 3.63) is 52.8 Å². The summed E-state index contributed by atoms with van der Waals surface area (Å²) in [4.78, 5) is 0. The number of nitrogens with zero attached hydrogens (tertiary/aromatic N) is 2. The number of rotatable bonds is 4. The van der Waals surface area contributed by atoms with E-state index >= 15 is 0 Å². The number of hydrogen-bond donors (Lipinski definition) is 1. The number of aliphatic hydroxyl groups excluding tert-OH is 1. The molecule has 1 aromatic carbocycles. The Morgan fingerprint density at radius 2 is 1.65 bits per heavy atom. The highest BCUT2D eigenvalue weighted by atomic mass is 16.3. The van der Waals surface area contributed by atoms with Gasteiger partial charge < -0.3 is 5.11 Å². The van der Waals surface area contributed by atoms with Gasteiger partial charge >= 0.3 is 0 Å². The summed E-state index contributed by atoms with van der Waals surface area (Å²) in [5.41, 5.74) is 4.32. The van der Waals surface area contributed by atoms with Crippen LogP contribution in [0.5, 0.6) is 0 Å². The molecule has 0 amide bonds. The lowest BCUT2D eigenvalue weighted by Crippen LogP contribution is -2.25. The first-order valence-electron chi connectivity index (χ1n) is 7.18. The summed E-state index contributed by atoms with van der Waals surface area (Å²) in [5.74, 6) is 0.294. The van der Waals surface area contributed by atoms with Crippen LogP contribution in [0, 0.1) is 26.7 Å². The van der Waals surface area contributed by atoms with E-state index in [0.29, 0.717) is 5.92 Å². The van der Waals surface area contributed by atoms with Crippen LogP contribution in [0.1, 0.15) is 48.5 Å². The van der Waals surface area contributed by atoms with Gasteiger partial charge in [-0.3, -0.25) is 4.68 Å². The van der Waals surface area contributed by atoms with E-state index in [1.54, 1.807) is 0 Å². The first-order valence-corrected chi connectivity index (χ1v) is 7.18. The minimum Gasteiger partial charge on any atom is -0.386 e. The van der Waals surface area contributed by atoms with Gasteiger partial charge in [-0.25, -0.2) is 0 Å². The van der Waals surface area contributed by atoms with E-state index in [0.717, 1.165) is 17.0 Å². The number of benzene rings is 1. The maximum atomic E-state index is 10.8. The Labute approximate surface area is 121 Å². The average Bonchev–Trinajstić information content (AvgIpc) is 2.67. The molecular weight excluding hydrogens is 248 g/mol.